The highest BCUT2D eigenvalue weighted by Crippen LogP contribution is 2.50. The molecule has 0 aliphatic carbocycles. The second kappa shape index (κ2) is 7.96. The molecule has 8 heteroatoms. The summed E-state index contributed by atoms with van der Waals surface area (Å²) in [5, 5.41) is 12.4. The molecular weight excluding hydrogens is 476 g/mol. The first-order chi connectivity index (χ1) is 15.5. The fourth-order valence-electron chi connectivity index (χ4n) is 4.32. The van der Waals surface area contributed by atoms with Crippen LogP contribution in [0.25, 0.3) is 0 Å². The number of halogens is 1. The van der Waals surface area contributed by atoms with E-state index in [1.165, 1.54) is 7.11 Å². The molecule has 2 amide bonds. The van der Waals surface area contributed by atoms with Crippen molar-refractivity contribution in [2.45, 2.75) is 12.1 Å². The molecule has 2 aliphatic heterocycles. The largest absolute Gasteiger partial charge is 0.504 e. The van der Waals surface area contributed by atoms with Crippen LogP contribution in [0.5, 0.6) is 11.5 Å². The zero-order valence-corrected chi connectivity index (χ0v) is 18.6. The van der Waals surface area contributed by atoms with Crippen LogP contribution in [0, 0.1) is 5.92 Å². The third-order valence-electron chi connectivity index (χ3n) is 5.78. The van der Waals surface area contributed by atoms with Crippen LogP contribution in [0.3, 0.4) is 0 Å². The van der Waals surface area contributed by atoms with Crippen LogP contribution >= 0.6 is 15.9 Å². The summed E-state index contributed by atoms with van der Waals surface area (Å²) in [5.74, 6) is -1.47. The lowest BCUT2D eigenvalue weighted by Crippen LogP contribution is -2.37. The number of benzene rings is 3. The van der Waals surface area contributed by atoms with E-state index in [-0.39, 0.29) is 17.4 Å². The number of amides is 2. The normalized spacial score (nSPS) is 22.4. The van der Waals surface area contributed by atoms with Gasteiger partial charge in [0.1, 0.15) is 12.0 Å². The van der Waals surface area contributed by atoms with Gasteiger partial charge in [-0.2, -0.15) is 0 Å². The van der Waals surface area contributed by atoms with Gasteiger partial charge in [0.05, 0.1) is 18.5 Å². The number of carbonyl (C=O) groups excluding carboxylic acids is 2. The molecule has 3 atom stereocenters. The Balaban J connectivity index is 1.62. The van der Waals surface area contributed by atoms with E-state index < -0.39 is 24.0 Å². The monoisotopic (exact) mass is 494 g/mol. The minimum Gasteiger partial charge on any atom is -0.504 e. The van der Waals surface area contributed by atoms with Crippen molar-refractivity contribution in [2.75, 3.05) is 17.1 Å². The standard InChI is InChI=1S/C24H19BrN2O5/c1-31-18-9-5-8-17(21(18)28)20-19-22(32-27(20)16-6-3-2-4-7-16)24(30)26(23(19)29)15-12-10-14(25)11-13-15/h2-13,19-20,22,28H,1H3/t19-,20+,22+/m1/s1. The number of carbonyl (C=O) groups is 2. The fourth-order valence-corrected chi connectivity index (χ4v) is 4.58. The molecule has 2 heterocycles. The van der Waals surface area contributed by atoms with Gasteiger partial charge >= 0.3 is 0 Å². The molecule has 5 rings (SSSR count). The number of ether oxygens (including phenoxy) is 1. The van der Waals surface area contributed by atoms with E-state index in [0.717, 1.165) is 9.37 Å². The first-order valence-electron chi connectivity index (χ1n) is 10.0. The molecule has 32 heavy (non-hydrogen) atoms. The van der Waals surface area contributed by atoms with Gasteiger partial charge in [-0.15, -0.1) is 0 Å². The summed E-state index contributed by atoms with van der Waals surface area (Å²) in [4.78, 5) is 34.1. The highest BCUT2D eigenvalue weighted by molar-refractivity contribution is 9.10. The van der Waals surface area contributed by atoms with Crippen molar-refractivity contribution in [3.63, 3.8) is 0 Å². The summed E-state index contributed by atoms with van der Waals surface area (Å²) < 4.78 is 6.11. The molecule has 0 spiro atoms. The summed E-state index contributed by atoms with van der Waals surface area (Å²) in [6.07, 6.45) is -1.01. The van der Waals surface area contributed by atoms with E-state index in [1.807, 2.05) is 30.3 Å². The Morgan fingerprint density at radius 1 is 0.906 bits per heavy atom. The lowest BCUT2D eigenvalue weighted by molar-refractivity contribution is -0.126. The Morgan fingerprint density at radius 2 is 1.62 bits per heavy atom. The lowest BCUT2D eigenvalue weighted by Gasteiger charge is -2.29. The van der Waals surface area contributed by atoms with Crippen LogP contribution in [0.4, 0.5) is 11.4 Å². The maximum Gasteiger partial charge on any atom is 0.266 e. The van der Waals surface area contributed by atoms with Gasteiger partial charge in [0.25, 0.3) is 5.91 Å². The fraction of sp³-hybridized carbons (Fsp3) is 0.167. The summed E-state index contributed by atoms with van der Waals surface area (Å²) in [6, 6.07) is 20.5. The van der Waals surface area contributed by atoms with E-state index >= 15 is 0 Å². The molecule has 0 unspecified atom stereocenters. The topological polar surface area (TPSA) is 79.3 Å². The molecule has 7 nitrogen and oxygen atoms in total. The van der Waals surface area contributed by atoms with Crippen molar-refractivity contribution in [1.82, 2.24) is 0 Å². The summed E-state index contributed by atoms with van der Waals surface area (Å²) in [5.41, 5.74) is 1.59. The molecule has 2 saturated heterocycles. The van der Waals surface area contributed by atoms with Crippen LogP contribution in [0.1, 0.15) is 11.6 Å². The SMILES string of the molecule is COc1cccc([C@H]2[C@H]3C(=O)N(c4ccc(Br)cc4)C(=O)[C@H]3ON2c2ccccc2)c1O. The van der Waals surface area contributed by atoms with E-state index in [4.69, 9.17) is 9.57 Å². The van der Waals surface area contributed by atoms with Crippen LogP contribution < -0.4 is 14.7 Å². The quantitative estimate of drug-likeness (QED) is 0.547. The number of nitrogens with zero attached hydrogens (tertiary/aromatic N) is 2. The van der Waals surface area contributed by atoms with Crippen molar-refractivity contribution in [1.29, 1.82) is 0 Å². The minimum atomic E-state index is -1.01. The Morgan fingerprint density at radius 3 is 2.31 bits per heavy atom. The van der Waals surface area contributed by atoms with Gasteiger partial charge < -0.3 is 9.84 Å². The van der Waals surface area contributed by atoms with E-state index in [1.54, 1.807) is 47.5 Å². The maximum absolute atomic E-state index is 13.6. The van der Waals surface area contributed by atoms with Crippen molar-refractivity contribution in [3.05, 3.63) is 82.8 Å². The third-order valence-corrected chi connectivity index (χ3v) is 6.31. The Labute approximate surface area is 192 Å². The molecule has 0 bridgehead atoms. The number of para-hydroxylation sites is 2. The number of methoxy groups -OCH3 is 1. The van der Waals surface area contributed by atoms with Crippen LogP contribution in [-0.2, 0) is 14.4 Å². The summed E-state index contributed by atoms with van der Waals surface area (Å²) >= 11 is 3.37. The average molecular weight is 495 g/mol. The molecule has 0 saturated carbocycles. The number of phenols is 1. The number of hydrogen-bond donors (Lipinski definition) is 1. The Bertz CT molecular complexity index is 1180. The number of hydroxylamine groups is 1. The molecule has 3 aromatic rings. The Hall–Kier alpha value is -3.36. The number of rotatable bonds is 4. The number of anilines is 2. The molecule has 162 valence electrons. The van der Waals surface area contributed by atoms with E-state index in [2.05, 4.69) is 15.9 Å². The smallest absolute Gasteiger partial charge is 0.266 e. The molecular formula is C24H19BrN2O5. The van der Waals surface area contributed by atoms with Gasteiger partial charge in [-0.1, -0.05) is 46.3 Å². The van der Waals surface area contributed by atoms with E-state index in [9.17, 15) is 14.7 Å². The highest BCUT2D eigenvalue weighted by Gasteiger charge is 2.60. The molecule has 2 aliphatic rings. The van der Waals surface area contributed by atoms with Crippen LogP contribution in [-0.4, -0.2) is 30.1 Å². The molecule has 0 radical (unpaired) electrons. The predicted molar refractivity (Wildman–Crippen MR) is 121 cm³/mol. The minimum absolute atomic E-state index is 0.0903. The van der Waals surface area contributed by atoms with Crippen molar-refractivity contribution < 1.29 is 24.3 Å². The summed E-state index contributed by atoms with van der Waals surface area (Å²) in [6.45, 7) is 0. The first-order valence-corrected chi connectivity index (χ1v) is 10.8. The second-order valence-electron chi connectivity index (χ2n) is 7.54. The first kappa shape index (κ1) is 20.5. The number of imide groups is 1. The second-order valence-corrected chi connectivity index (χ2v) is 8.46. The third kappa shape index (κ3) is 3.14. The lowest BCUT2D eigenvalue weighted by atomic mass is 9.90. The van der Waals surface area contributed by atoms with Gasteiger partial charge in [-0.05, 0) is 42.5 Å². The van der Waals surface area contributed by atoms with Crippen LogP contribution in [0.15, 0.2) is 77.3 Å². The number of aromatic hydroxyl groups is 1. The zero-order valence-electron chi connectivity index (χ0n) is 17.0. The van der Waals surface area contributed by atoms with E-state index in [0.29, 0.717) is 16.9 Å². The van der Waals surface area contributed by atoms with Gasteiger partial charge in [0.15, 0.2) is 17.6 Å². The Kier molecular flexibility index (Phi) is 5.11. The number of fused-ring (bicyclic) bond motifs is 1. The van der Waals surface area contributed by atoms with Gasteiger partial charge in [-0.3, -0.25) is 14.4 Å². The predicted octanol–water partition coefficient (Wildman–Crippen LogP) is 4.21. The number of phenolic OH excluding ortho intramolecular Hbond substituents is 1. The molecule has 0 aromatic heterocycles. The average Bonchev–Trinajstić information content (AvgIpc) is 3.31. The van der Waals surface area contributed by atoms with Gasteiger partial charge in [-0.25, -0.2) is 9.96 Å². The maximum atomic E-state index is 13.6. The molecule has 3 aromatic carbocycles. The zero-order chi connectivity index (χ0) is 22.4. The number of hydrogen-bond acceptors (Lipinski definition) is 6. The molecule has 1 N–H and O–H groups in total. The highest BCUT2D eigenvalue weighted by atomic mass is 79.9. The van der Waals surface area contributed by atoms with Crippen molar-refractivity contribution in [3.8, 4) is 11.5 Å². The van der Waals surface area contributed by atoms with Crippen molar-refractivity contribution >= 4 is 39.1 Å². The van der Waals surface area contributed by atoms with Gasteiger partial charge in [0.2, 0.25) is 5.91 Å². The van der Waals surface area contributed by atoms with Crippen LogP contribution in [0.2, 0.25) is 0 Å². The van der Waals surface area contributed by atoms with Crippen molar-refractivity contribution in [2.24, 2.45) is 5.92 Å². The molecule has 2 fully saturated rings. The summed E-state index contributed by atoms with van der Waals surface area (Å²) in [7, 11) is 1.46. The van der Waals surface area contributed by atoms with Gasteiger partial charge in [0, 0.05) is 10.0 Å².